The number of aliphatic carboxylic acids is 1. The van der Waals surface area contributed by atoms with Crippen molar-refractivity contribution in [1.82, 2.24) is 0 Å². The van der Waals surface area contributed by atoms with Gasteiger partial charge in [0.1, 0.15) is 5.82 Å². The van der Waals surface area contributed by atoms with Gasteiger partial charge in [-0.2, -0.15) is 0 Å². The Morgan fingerprint density at radius 2 is 1.71 bits per heavy atom. The summed E-state index contributed by atoms with van der Waals surface area (Å²) in [7, 11) is 1.54. The van der Waals surface area contributed by atoms with E-state index in [2.05, 4.69) is 29.4 Å². The molecular formula is C30H44FN3O4. The molecule has 8 heteroatoms. The molecule has 1 aliphatic carbocycles. The van der Waals surface area contributed by atoms with Gasteiger partial charge in [0.2, 0.25) is 0 Å². The number of rotatable bonds is 11. The van der Waals surface area contributed by atoms with Crippen LogP contribution in [0.25, 0.3) is 0 Å². The summed E-state index contributed by atoms with van der Waals surface area (Å²) in [6.45, 7) is 9.41. The van der Waals surface area contributed by atoms with Crippen LogP contribution in [0.5, 0.6) is 0 Å². The van der Waals surface area contributed by atoms with Crippen LogP contribution in [0.3, 0.4) is 0 Å². The minimum atomic E-state index is -0.920. The number of carbonyl (C=O) groups is 2. The zero-order chi connectivity index (χ0) is 28.1. The summed E-state index contributed by atoms with van der Waals surface area (Å²) in [5.74, 6) is -1.41. The predicted octanol–water partition coefficient (Wildman–Crippen LogP) is 7.50. The van der Waals surface area contributed by atoms with E-state index in [1.807, 2.05) is 32.0 Å². The number of ether oxygens (including phenoxy) is 1. The monoisotopic (exact) mass is 529 g/mol. The number of urea groups is 1. The third-order valence-electron chi connectivity index (χ3n) is 6.54. The van der Waals surface area contributed by atoms with E-state index >= 15 is 0 Å². The van der Waals surface area contributed by atoms with E-state index in [1.54, 1.807) is 12.1 Å². The number of halogens is 1. The third kappa shape index (κ3) is 9.31. The third-order valence-corrected chi connectivity index (χ3v) is 6.54. The molecule has 0 spiro atoms. The lowest BCUT2D eigenvalue weighted by Gasteiger charge is -2.38. The van der Waals surface area contributed by atoms with Crippen molar-refractivity contribution in [3.8, 4) is 0 Å². The summed E-state index contributed by atoms with van der Waals surface area (Å²) < 4.78 is 19.4. The molecule has 0 radical (unpaired) electrons. The predicted molar refractivity (Wildman–Crippen MR) is 153 cm³/mol. The van der Waals surface area contributed by atoms with E-state index in [4.69, 9.17) is 4.74 Å². The number of carboxylic acids is 1. The molecule has 1 aliphatic rings. The van der Waals surface area contributed by atoms with Crippen LogP contribution >= 0.6 is 0 Å². The van der Waals surface area contributed by atoms with Crippen LogP contribution in [0.15, 0.2) is 42.5 Å². The molecule has 210 valence electrons. The van der Waals surface area contributed by atoms with Crippen LogP contribution in [0.4, 0.5) is 26.2 Å². The maximum absolute atomic E-state index is 14.1. The topological polar surface area (TPSA) is 90.9 Å². The largest absolute Gasteiger partial charge is 0.481 e. The quantitative estimate of drug-likeness (QED) is 0.280. The summed E-state index contributed by atoms with van der Waals surface area (Å²) in [5, 5.41) is 14.9. The van der Waals surface area contributed by atoms with Crippen molar-refractivity contribution in [3.05, 3.63) is 53.8 Å². The summed E-state index contributed by atoms with van der Waals surface area (Å²) >= 11 is 0. The van der Waals surface area contributed by atoms with Crippen LogP contribution in [0.2, 0.25) is 0 Å². The molecule has 1 unspecified atom stereocenters. The molecule has 2 aromatic rings. The maximum atomic E-state index is 14.1. The van der Waals surface area contributed by atoms with E-state index in [0.29, 0.717) is 17.6 Å². The highest BCUT2D eigenvalue weighted by atomic mass is 19.1. The van der Waals surface area contributed by atoms with Gasteiger partial charge >= 0.3 is 12.0 Å². The number of hydrogen-bond acceptors (Lipinski definition) is 4. The van der Waals surface area contributed by atoms with Crippen LogP contribution in [0, 0.1) is 11.7 Å². The first kappa shape index (κ1) is 31.1. The molecule has 38 heavy (non-hydrogen) atoms. The van der Waals surface area contributed by atoms with Gasteiger partial charge in [0.05, 0.1) is 30.1 Å². The van der Waals surface area contributed by atoms with E-state index in [0.717, 1.165) is 30.6 Å². The smallest absolute Gasteiger partial charge is 0.323 e. The molecular weight excluding hydrogens is 485 g/mol. The van der Waals surface area contributed by atoms with E-state index in [9.17, 15) is 19.1 Å². The van der Waals surface area contributed by atoms with Crippen molar-refractivity contribution in [1.29, 1.82) is 0 Å². The summed E-state index contributed by atoms with van der Waals surface area (Å²) in [6.07, 6.45) is 5.65. The zero-order valence-corrected chi connectivity index (χ0v) is 23.4. The van der Waals surface area contributed by atoms with Crippen molar-refractivity contribution in [3.63, 3.8) is 0 Å². The van der Waals surface area contributed by atoms with E-state index in [-0.39, 0.29) is 24.6 Å². The van der Waals surface area contributed by atoms with Gasteiger partial charge in [-0.1, -0.05) is 65.2 Å². The minimum Gasteiger partial charge on any atom is -0.481 e. The van der Waals surface area contributed by atoms with Gasteiger partial charge in [0, 0.05) is 25.6 Å². The Balaban J connectivity index is 0.00000247. The van der Waals surface area contributed by atoms with Crippen LogP contribution in [0.1, 0.15) is 77.7 Å². The summed E-state index contributed by atoms with van der Waals surface area (Å²) in [4.78, 5) is 26.8. The second-order valence-electron chi connectivity index (χ2n) is 9.92. The molecule has 1 fully saturated rings. The highest BCUT2D eigenvalue weighted by Crippen LogP contribution is 2.36. The van der Waals surface area contributed by atoms with Gasteiger partial charge in [-0.3, -0.25) is 4.79 Å². The zero-order valence-electron chi connectivity index (χ0n) is 23.4. The van der Waals surface area contributed by atoms with Gasteiger partial charge in [-0.25, -0.2) is 9.18 Å². The van der Waals surface area contributed by atoms with Crippen LogP contribution in [-0.4, -0.2) is 43.4 Å². The molecule has 7 nitrogen and oxygen atoms in total. The molecule has 3 rings (SSSR count). The number of carboxylic acid groups (broad SMARTS) is 1. The number of amides is 2. The second-order valence-corrected chi connectivity index (χ2v) is 9.92. The number of nitrogens with one attached hydrogen (secondary N) is 2. The lowest BCUT2D eigenvalue weighted by Crippen LogP contribution is -2.40. The molecule has 1 saturated carbocycles. The summed E-state index contributed by atoms with van der Waals surface area (Å²) in [6, 6.07) is 11.5. The molecule has 0 aromatic heterocycles. The first-order valence-electron chi connectivity index (χ1n) is 13.7. The molecule has 0 aliphatic heterocycles. The number of carbonyl (C=O) groups excluding carboxylic acids is 1. The Labute approximate surface area is 226 Å². The van der Waals surface area contributed by atoms with Gasteiger partial charge in [-0.05, 0) is 48.6 Å². The van der Waals surface area contributed by atoms with Gasteiger partial charge in [-0.15, -0.1) is 0 Å². The number of methoxy groups -OCH3 is 1. The Morgan fingerprint density at radius 1 is 1.05 bits per heavy atom. The van der Waals surface area contributed by atoms with Crippen molar-refractivity contribution < 1.29 is 23.8 Å². The SMILES string of the molecule is CC.COCC(CC(=O)O)c1ccc(N(CC(C)C)C2CCCCC2)c(NC(=O)Nc2ccccc2F)c1. The molecule has 0 saturated heterocycles. The Morgan fingerprint density at radius 3 is 2.32 bits per heavy atom. The number of hydrogen-bond donors (Lipinski definition) is 3. The van der Waals surface area contributed by atoms with Crippen molar-refractivity contribution >= 4 is 29.1 Å². The van der Waals surface area contributed by atoms with Crippen molar-refractivity contribution in [2.75, 3.05) is 35.8 Å². The summed E-state index contributed by atoms with van der Waals surface area (Å²) in [5.41, 5.74) is 2.30. The second kappa shape index (κ2) is 16.0. The Kier molecular flexibility index (Phi) is 13.1. The van der Waals surface area contributed by atoms with Crippen molar-refractivity contribution in [2.24, 2.45) is 5.92 Å². The highest BCUT2D eigenvalue weighted by molar-refractivity contribution is 6.02. The Hall–Kier alpha value is -3.13. The molecule has 2 aromatic carbocycles. The lowest BCUT2D eigenvalue weighted by atomic mass is 9.91. The van der Waals surface area contributed by atoms with Gasteiger partial charge < -0.3 is 25.4 Å². The standard InChI is InChI=1S/C28H38FN3O4.C2H6/c1-19(2)17-32(22-9-5-4-6-10-22)26-14-13-20(21(18-36-3)16-27(33)34)15-25(26)31-28(35)30-24-12-8-7-11-23(24)29;1-2/h7-8,11-15,19,21-22H,4-6,9-10,16-18H2,1-3H3,(H,33,34)(H2,30,31,35);1-2H3. The average molecular weight is 530 g/mol. The van der Waals surface area contributed by atoms with Gasteiger partial charge in [0.15, 0.2) is 0 Å². The fourth-order valence-corrected chi connectivity index (χ4v) is 4.91. The fourth-order valence-electron chi connectivity index (χ4n) is 4.91. The van der Waals surface area contributed by atoms with Crippen molar-refractivity contribution in [2.45, 2.75) is 78.2 Å². The minimum absolute atomic E-state index is 0.0853. The normalized spacial score (nSPS) is 14.3. The van der Waals surface area contributed by atoms with E-state index in [1.165, 1.54) is 38.5 Å². The number of nitrogens with zero attached hydrogens (tertiary/aromatic N) is 1. The molecule has 0 bridgehead atoms. The van der Waals surface area contributed by atoms with Crippen LogP contribution < -0.4 is 15.5 Å². The number of para-hydroxylation sites is 1. The fraction of sp³-hybridized carbons (Fsp3) is 0.533. The number of anilines is 3. The lowest BCUT2D eigenvalue weighted by molar-refractivity contribution is -0.137. The molecule has 0 heterocycles. The maximum Gasteiger partial charge on any atom is 0.323 e. The Bertz CT molecular complexity index is 1020. The first-order valence-corrected chi connectivity index (χ1v) is 13.7. The van der Waals surface area contributed by atoms with E-state index < -0.39 is 17.8 Å². The molecule has 2 amide bonds. The number of benzene rings is 2. The highest BCUT2D eigenvalue weighted by Gasteiger charge is 2.26. The molecule has 1 atom stereocenters. The first-order chi connectivity index (χ1) is 18.3. The van der Waals surface area contributed by atoms with Gasteiger partial charge in [0.25, 0.3) is 0 Å². The molecule has 3 N–H and O–H groups in total. The van der Waals surface area contributed by atoms with Crippen LogP contribution in [-0.2, 0) is 9.53 Å². The average Bonchev–Trinajstić information content (AvgIpc) is 2.90.